The van der Waals surface area contributed by atoms with Crippen molar-refractivity contribution in [1.29, 1.82) is 0 Å². The van der Waals surface area contributed by atoms with E-state index in [2.05, 4.69) is 44.8 Å². The fraction of sp³-hybridized carbons (Fsp3) is 0.472. The number of hydrogen-bond donors (Lipinski definition) is 1. The lowest BCUT2D eigenvalue weighted by Crippen LogP contribution is -2.44. The van der Waals surface area contributed by atoms with Gasteiger partial charge in [-0.2, -0.15) is 0 Å². The molecule has 0 bridgehead atoms. The minimum atomic E-state index is -0.468. The second kappa shape index (κ2) is 11.6. The lowest BCUT2D eigenvalue weighted by atomic mass is 9.63. The number of ether oxygens (including phenoxy) is 1. The number of benzene rings is 2. The number of anilines is 1. The first-order valence-electron chi connectivity index (χ1n) is 15.3. The highest BCUT2D eigenvalue weighted by Gasteiger charge is 2.48. The van der Waals surface area contributed by atoms with Gasteiger partial charge in [0.25, 0.3) is 5.91 Å². The van der Waals surface area contributed by atoms with Crippen molar-refractivity contribution in [2.45, 2.75) is 86.5 Å². The molecule has 0 spiro atoms. The number of nitrogens with zero attached hydrogens (tertiary/aromatic N) is 1. The summed E-state index contributed by atoms with van der Waals surface area (Å²) in [5.74, 6) is -0.186. The van der Waals surface area contributed by atoms with Crippen LogP contribution in [0.5, 0.6) is 5.75 Å². The molecule has 5 rings (SSSR count). The number of hydrogen-bond acceptors (Lipinski definition) is 5. The lowest BCUT2D eigenvalue weighted by molar-refractivity contribution is -0.120. The van der Waals surface area contributed by atoms with Crippen LogP contribution in [-0.4, -0.2) is 35.5 Å². The molecule has 2 aromatic carbocycles. The number of aryl methyl sites for hydroxylation is 2. The second-order valence-electron chi connectivity index (χ2n) is 14.0. The van der Waals surface area contributed by atoms with E-state index in [1.807, 2.05) is 38.1 Å². The third-order valence-corrected chi connectivity index (χ3v) is 9.20. The quantitative estimate of drug-likeness (QED) is 0.347. The highest BCUT2D eigenvalue weighted by atomic mass is 35.5. The summed E-state index contributed by atoms with van der Waals surface area (Å²) in [7, 11) is 0. The zero-order chi connectivity index (χ0) is 31.3. The van der Waals surface area contributed by atoms with Gasteiger partial charge in [-0.1, -0.05) is 58.4 Å². The summed E-state index contributed by atoms with van der Waals surface area (Å²) in [5.41, 5.74) is 7.01. The molecule has 0 unspecified atom stereocenters. The molecule has 0 radical (unpaired) electrons. The molecule has 228 valence electrons. The highest BCUT2D eigenvalue weighted by Crippen LogP contribution is 2.54. The van der Waals surface area contributed by atoms with Crippen LogP contribution in [0.3, 0.4) is 0 Å². The predicted molar refractivity (Wildman–Crippen MR) is 171 cm³/mol. The minimum Gasteiger partial charge on any atom is -0.482 e. The number of nitrogens with one attached hydrogen (secondary N) is 1. The van der Waals surface area contributed by atoms with E-state index in [0.717, 1.165) is 65.0 Å². The van der Waals surface area contributed by atoms with Crippen LogP contribution in [-0.2, 0) is 14.4 Å². The van der Waals surface area contributed by atoms with Crippen LogP contribution in [0.1, 0.15) is 89.3 Å². The first-order valence-corrected chi connectivity index (χ1v) is 15.7. The Labute approximate surface area is 260 Å². The summed E-state index contributed by atoms with van der Waals surface area (Å²) >= 11 is 6.75. The van der Waals surface area contributed by atoms with Crippen molar-refractivity contribution in [1.82, 2.24) is 4.90 Å². The summed E-state index contributed by atoms with van der Waals surface area (Å²) in [5, 5.41) is 3.20. The summed E-state index contributed by atoms with van der Waals surface area (Å²) < 4.78 is 5.82. The van der Waals surface area contributed by atoms with Crippen LogP contribution in [0, 0.1) is 24.7 Å². The van der Waals surface area contributed by atoms with Gasteiger partial charge >= 0.3 is 0 Å². The number of halogens is 1. The molecular formula is C36H43ClN2O4. The van der Waals surface area contributed by atoms with Gasteiger partial charge in [0.2, 0.25) is 0 Å². The van der Waals surface area contributed by atoms with Crippen molar-refractivity contribution in [3.63, 3.8) is 0 Å². The van der Waals surface area contributed by atoms with Crippen LogP contribution in [0.25, 0.3) is 0 Å². The Morgan fingerprint density at radius 2 is 1.51 bits per heavy atom. The normalized spacial score (nSPS) is 19.8. The molecule has 2 aliphatic carbocycles. The van der Waals surface area contributed by atoms with Crippen molar-refractivity contribution in [2.24, 2.45) is 10.8 Å². The average molecular weight is 603 g/mol. The largest absolute Gasteiger partial charge is 0.482 e. The number of ketones is 2. The number of carbonyl (C=O) groups excluding carboxylic acids is 3. The molecule has 0 aromatic heterocycles. The number of amides is 1. The molecule has 3 aliphatic rings. The number of rotatable bonds is 7. The van der Waals surface area contributed by atoms with E-state index in [1.165, 1.54) is 0 Å². The summed E-state index contributed by atoms with van der Waals surface area (Å²) in [4.78, 5) is 42.7. The van der Waals surface area contributed by atoms with Gasteiger partial charge in [0.15, 0.2) is 18.2 Å². The van der Waals surface area contributed by atoms with Crippen LogP contribution in [0.15, 0.2) is 58.9 Å². The molecule has 0 fully saturated rings. The van der Waals surface area contributed by atoms with Crippen molar-refractivity contribution in [3.8, 4) is 5.75 Å². The molecule has 43 heavy (non-hydrogen) atoms. The van der Waals surface area contributed by atoms with E-state index in [1.54, 1.807) is 12.1 Å². The number of Topliss-reactive ketones (excluding diaryl/α,β-unsaturated/α-hetero) is 2. The van der Waals surface area contributed by atoms with E-state index in [9.17, 15) is 14.4 Å². The maximum absolute atomic E-state index is 13.9. The van der Waals surface area contributed by atoms with Crippen LogP contribution in [0.2, 0.25) is 5.02 Å². The van der Waals surface area contributed by atoms with Crippen LogP contribution >= 0.6 is 11.6 Å². The maximum atomic E-state index is 13.9. The Balaban J connectivity index is 1.48. The van der Waals surface area contributed by atoms with E-state index in [0.29, 0.717) is 29.3 Å². The van der Waals surface area contributed by atoms with Gasteiger partial charge in [-0.3, -0.25) is 14.4 Å². The highest BCUT2D eigenvalue weighted by molar-refractivity contribution is 6.32. The van der Waals surface area contributed by atoms with E-state index in [-0.39, 0.29) is 34.9 Å². The minimum absolute atomic E-state index is 0.0981. The van der Waals surface area contributed by atoms with E-state index >= 15 is 0 Å². The number of allylic oxidation sites excluding steroid dienone is 4. The number of carbonyl (C=O) groups is 3. The van der Waals surface area contributed by atoms with Crippen molar-refractivity contribution in [2.75, 3.05) is 18.5 Å². The standard InChI is InChI=1S/C36H43ClN2O4/c1-8-13-39-26-16-35(4,5)18-28(40)33(26)32(34-27(39)17-36(6,7)19-29(34)41)23-10-12-30(25(37)15-23)43-20-31(42)38-24-11-9-21(2)22(3)14-24/h9-12,14-15,32H,8,13,16-20H2,1-7H3,(H,38,42). The summed E-state index contributed by atoms with van der Waals surface area (Å²) in [6.45, 7) is 15.3. The maximum Gasteiger partial charge on any atom is 0.262 e. The molecule has 1 aliphatic heterocycles. The Bertz CT molecular complexity index is 1510. The predicted octanol–water partition coefficient (Wildman–Crippen LogP) is 8.07. The SMILES string of the molecule is CCCN1C2=C(C(=O)CC(C)(C)C2)C(c2ccc(OCC(=O)Nc3ccc(C)c(C)c3)c(Cl)c2)C2=C1CC(C)(C)CC2=O. The summed E-state index contributed by atoms with van der Waals surface area (Å²) in [6, 6.07) is 11.2. The van der Waals surface area contributed by atoms with Gasteiger partial charge in [0, 0.05) is 53.5 Å². The third-order valence-electron chi connectivity index (χ3n) is 8.91. The molecule has 1 amide bonds. The fourth-order valence-electron chi connectivity index (χ4n) is 6.85. The van der Waals surface area contributed by atoms with E-state index < -0.39 is 5.92 Å². The molecule has 0 saturated heterocycles. The van der Waals surface area contributed by atoms with E-state index in [4.69, 9.17) is 16.3 Å². The molecule has 1 heterocycles. The molecule has 1 N–H and O–H groups in total. The summed E-state index contributed by atoms with van der Waals surface area (Å²) in [6.07, 6.45) is 3.35. The fourth-order valence-corrected chi connectivity index (χ4v) is 7.09. The first kappa shape index (κ1) is 31.1. The lowest BCUT2D eigenvalue weighted by Gasteiger charge is -2.49. The third kappa shape index (κ3) is 6.31. The van der Waals surface area contributed by atoms with Crippen molar-refractivity contribution in [3.05, 3.63) is 80.7 Å². The van der Waals surface area contributed by atoms with Crippen LogP contribution in [0.4, 0.5) is 5.69 Å². The molecule has 2 aromatic rings. The molecule has 0 atom stereocenters. The van der Waals surface area contributed by atoms with Crippen molar-refractivity contribution < 1.29 is 19.1 Å². The van der Waals surface area contributed by atoms with Crippen molar-refractivity contribution >= 4 is 34.8 Å². The average Bonchev–Trinajstić information content (AvgIpc) is 2.89. The Kier molecular flexibility index (Phi) is 8.38. The monoisotopic (exact) mass is 602 g/mol. The second-order valence-corrected chi connectivity index (χ2v) is 14.4. The molecule has 0 saturated carbocycles. The van der Waals surface area contributed by atoms with Gasteiger partial charge in [0.1, 0.15) is 5.75 Å². The van der Waals surface area contributed by atoms with Gasteiger partial charge in [-0.25, -0.2) is 0 Å². The van der Waals surface area contributed by atoms with Gasteiger partial charge in [-0.05, 0) is 84.9 Å². The molecule has 7 heteroatoms. The van der Waals surface area contributed by atoms with Crippen LogP contribution < -0.4 is 10.1 Å². The zero-order valence-electron chi connectivity index (χ0n) is 26.4. The Hall–Kier alpha value is -3.38. The Morgan fingerprint density at radius 1 is 0.907 bits per heavy atom. The topological polar surface area (TPSA) is 75.7 Å². The van der Waals surface area contributed by atoms with Gasteiger partial charge < -0.3 is 15.0 Å². The smallest absolute Gasteiger partial charge is 0.262 e. The molecule has 6 nitrogen and oxygen atoms in total. The van der Waals surface area contributed by atoms with Gasteiger partial charge in [0.05, 0.1) is 5.02 Å². The Morgan fingerprint density at radius 3 is 2.05 bits per heavy atom. The molecular weight excluding hydrogens is 560 g/mol. The first-order chi connectivity index (χ1) is 20.2. The van der Waals surface area contributed by atoms with Gasteiger partial charge in [-0.15, -0.1) is 0 Å². The zero-order valence-corrected chi connectivity index (χ0v) is 27.2.